The van der Waals surface area contributed by atoms with Gasteiger partial charge in [0.2, 0.25) is 0 Å². The maximum Gasteiger partial charge on any atom is 0.151 e. The molecular weight excluding hydrogens is 264 g/mol. The first-order valence-electron chi connectivity index (χ1n) is 7.42. The van der Waals surface area contributed by atoms with E-state index in [9.17, 15) is 9.59 Å². The molecule has 138 valence electrons. The van der Waals surface area contributed by atoms with E-state index in [0.29, 0.717) is 5.92 Å². The molecule has 0 aromatic rings. The predicted octanol–water partition coefficient (Wildman–Crippen LogP) is 5.52. The van der Waals surface area contributed by atoms with Gasteiger partial charge >= 0.3 is 0 Å². The Labute approximate surface area is 137 Å². The van der Waals surface area contributed by atoms with Gasteiger partial charge in [-0.15, -0.1) is 0 Å². The second-order valence-electron chi connectivity index (χ2n) is 5.02. The van der Waals surface area contributed by atoms with Crippen LogP contribution >= 0.6 is 0 Å². The zero-order valence-corrected chi connectivity index (χ0v) is 15.4. The zero-order chi connectivity index (χ0) is 16.5. The molecule has 0 aliphatic heterocycles. The molecule has 0 aromatic carbocycles. The number of carbonyl (C=O) groups excluding carboxylic acids is 2. The van der Waals surface area contributed by atoms with Gasteiger partial charge in [0, 0.05) is 14.7 Å². The van der Waals surface area contributed by atoms with Crippen molar-refractivity contribution in [3.8, 4) is 0 Å². The minimum absolute atomic E-state index is 0. The Kier molecular flexibility index (Phi) is 48.5. The first-order chi connectivity index (χ1) is 8.75. The normalized spacial score (nSPS) is 8.14. The predicted molar refractivity (Wildman–Crippen MR) is 102 cm³/mol. The van der Waals surface area contributed by atoms with Crippen LogP contribution in [0.3, 0.4) is 0 Å². The van der Waals surface area contributed by atoms with Crippen LogP contribution < -0.4 is 11.9 Å². The van der Waals surface area contributed by atoms with Crippen LogP contribution in [-0.2, 0) is 9.59 Å². The third-order valence-electron chi connectivity index (χ3n) is 1.88. The number of aldehydes is 1. The largest absolute Gasteiger partial charge is 0.344 e. The van der Waals surface area contributed by atoms with Crippen molar-refractivity contribution in [2.75, 3.05) is 6.54 Å². The van der Waals surface area contributed by atoms with E-state index in [0.717, 1.165) is 19.1 Å². The first kappa shape index (κ1) is 37.0. The summed E-state index contributed by atoms with van der Waals surface area (Å²) in [5.41, 5.74) is 4.85. The Morgan fingerprint density at radius 2 is 1.48 bits per heavy atom. The third-order valence-corrected chi connectivity index (χ3v) is 1.88. The maximum absolute atomic E-state index is 10.7. The van der Waals surface area contributed by atoms with Crippen molar-refractivity contribution in [3.63, 3.8) is 0 Å². The summed E-state index contributed by atoms with van der Waals surface area (Å²) in [5.74, 6) is 0.780. The summed E-state index contributed by atoms with van der Waals surface area (Å²) in [5, 5.41) is 0. The number of Topliss-reactive ketones (excluding diaryl/α,β-unsaturated/α-hetero) is 1. The SMILES string of the molecule is C.CC.CC.CC(C)(C)C(=O)CN.CC(C)CCC=O.N.[HH].[HH]. The van der Waals surface area contributed by atoms with Crippen LogP contribution in [-0.4, -0.2) is 18.6 Å². The van der Waals surface area contributed by atoms with Crippen molar-refractivity contribution in [1.29, 1.82) is 0 Å². The number of ketones is 1. The second-order valence-corrected chi connectivity index (χ2v) is 5.02. The molecule has 0 radical (unpaired) electrons. The van der Waals surface area contributed by atoms with Gasteiger partial charge in [0.25, 0.3) is 0 Å². The molecule has 0 spiro atoms. The van der Waals surface area contributed by atoms with Crippen LogP contribution in [0.2, 0.25) is 0 Å². The fraction of sp³-hybridized carbons (Fsp3) is 0.882. The molecule has 4 nitrogen and oxygen atoms in total. The van der Waals surface area contributed by atoms with Gasteiger partial charge in [-0.25, -0.2) is 0 Å². The Morgan fingerprint density at radius 1 is 1.14 bits per heavy atom. The fourth-order valence-electron chi connectivity index (χ4n) is 0.708. The molecule has 5 N–H and O–H groups in total. The van der Waals surface area contributed by atoms with Gasteiger partial charge in [-0.3, -0.25) is 4.79 Å². The lowest BCUT2D eigenvalue weighted by atomic mass is 9.91. The standard InChI is InChI=1S/C6H13NO.C6H12O.2C2H6.CH4.H3N.2H2/c1-6(2,3)5(8)4-7;1-6(2)4-3-5-7;2*1-2;;;;/h4,7H2,1-3H3;5-6H,3-4H2,1-2H3;2*1-2H3;1H4;1H3;2*1H. The molecule has 0 unspecified atom stereocenters. The van der Waals surface area contributed by atoms with Gasteiger partial charge in [0.15, 0.2) is 5.78 Å². The highest BCUT2D eigenvalue weighted by molar-refractivity contribution is 5.85. The summed E-state index contributed by atoms with van der Waals surface area (Å²) in [6, 6.07) is 0. The quantitative estimate of drug-likeness (QED) is 0.667. The van der Waals surface area contributed by atoms with Gasteiger partial charge in [-0.2, -0.15) is 0 Å². The van der Waals surface area contributed by atoms with Crippen molar-refractivity contribution in [2.24, 2.45) is 17.1 Å². The van der Waals surface area contributed by atoms with Gasteiger partial charge in [-0.05, 0) is 12.3 Å². The molecule has 0 bridgehead atoms. The number of hydrogen-bond donors (Lipinski definition) is 2. The van der Waals surface area contributed by atoms with E-state index in [2.05, 4.69) is 13.8 Å². The lowest BCUT2D eigenvalue weighted by molar-refractivity contribution is -0.124. The molecule has 4 heteroatoms. The zero-order valence-electron chi connectivity index (χ0n) is 15.4. The summed E-state index contributed by atoms with van der Waals surface area (Å²) in [4.78, 5) is 20.4. The molecule has 0 aliphatic carbocycles. The molecule has 0 atom stereocenters. The van der Waals surface area contributed by atoms with Crippen LogP contribution in [0, 0.1) is 11.3 Å². The smallest absolute Gasteiger partial charge is 0.151 e. The molecule has 0 saturated carbocycles. The number of carbonyl (C=O) groups is 2. The first-order valence-corrected chi connectivity index (χ1v) is 7.42. The summed E-state index contributed by atoms with van der Waals surface area (Å²) >= 11 is 0. The molecular formula is C17H48N2O2. The maximum atomic E-state index is 10.7. The molecule has 21 heavy (non-hydrogen) atoms. The fourth-order valence-corrected chi connectivity index (χ4v) is 0.708. The van der Waals surface area contributed by atoms with Gasteiger partial charge in [-0.1, -0.05) is 69.7 Å². The van der Waals surface area contributed by atoms with Gasteiger partial charge in [0.1, 0.15) is 6.29 Å². The minimum Gasteiger partial charge on any atom is -0.344 e. The van der Waals surface area contributed by atoms with Crippen LogP contribution in [0.5, 0.6) is 0 Å². The van der Waals surface area contributed by atoms with Gasteiger partial charge < -0.3 is 16.7 Å². The number of nitrogens with two attached hydrogens (primary N) is 1. The van der Waals surface area contributed by atoms with Crippen molar-refractivity contribution in [3.05, 3.63) is 0 Å². The Bertz CT molecular complexity index is 196. The van der Waals surface area contributed by atoms with E-state index >= 15 is 0 Å². The Morgan fingerprint density at radius 3 is 1.52 bits per heavy atom. The van der Waals surface area contributed by atoms with E-state index < -0.39 is 0 Å². The van der Waals surface area contributed by atoms with E-state index in [4.69, 9.17) is 5.73 Å². The lowest BCUT2D eigenvalue weighted by Crippen LogP contribution is -2.27. The van der Waals surface area contributed by atoms with E-state index in [1.54, 1.807) is 0 Å². The Balaban J connectivity index is -0.0000000234. The van der Waals surface area contributed by atoms with Crippen LogP contribution in [0.15, 0.2) is 0 Å². The minimum atomic E-state index is -0.255. The number of hydrogen-bond acceptors (Lipinski definition) is 4. The van der Waals surface area contributed by atoms with Crippen LogP contribution in [0.25, 0.3) is 0 Å². The molecule has 0 aliphatic rings. The van der Waals surface area contributed by atoms with Gasteiger partial charge in [0.05, 0.1) is 6.54 Å². The van der Waals surface area contributed by atoms with Crippen LogP contribution in [0.4, 0.5) is 0 Å². The van der Waals surface area contributed by atoms with Crippen molar-refractivity contribution in [1.82, 2.24) is 6.15 Å². The summed E-state index contributed by atoms with van der Waals surface area (Å²) in [6.07, 6.45) is 2.72. The molecule has 0 aromatic heterocycles. The average molecular weight is 313 g/mol. The van der Waals surface area contributed by atoms with Crippen LogP contribution in [0.1, 0.15) is 85.4 Å². The monoisotopic (exact) mass is 312 g/mol. The molecule has 0 amide bonds. The van der Waals surface area contributed by atoms with E-state index in [1.165, 1.54) is 0 Å². The highest BCUT2D eigenvalue weighted by Gasteiger charge is 2.18. The molecule has 0 saturated heterocycles. The third kappa shape index (κ3) is 45.3. The highest BCUT2D eigenvalue weighted by atomic mass is 16.1. The Hall–Kier alpha value is -0.740. The average Bonchev–Trinajstić information content (AvgIpc) is 2.39. The lowest BCUT2D eigenvalue weighted by Gasteiger charge is -2.13. The molecule has 0 heterocycles. The molecule has 0 rings (SSSR count). The highest BCUT2D eigenvalue weighted by Crippen LogP contribution is 2.12. The summed E-state index contributed by atoms with van der Waals surface area (Å²) < 4.78 is 0. The van der Waals surface area contributed by atoms with Crippen molar-refractivity contribution in [2.45, 2.75) is 82.6 Å². The molecule has 0 fully saturated rings. The summed E-state index contributed by atoms with van der Waals surface area (Å²) in [7, 11) is 0. The van der Waals surface area contributed by atoms with E-state index in [-0.39, 0.29) is 34.2 Å². The van der Waals surface area contributed by atoms with Crippen molar-refractivity contribution < 1.29 is 12.4 Å². The second kappa shape index (κ2) is 27.6. The van der Waals surface area contributed by atoms with Crippen molar-refractivity contribution >= 4 is 12.1 Å². The topological polar surface area (TPSA) is 95.2 Å². The summed E-state index contributed by atoms with van der Waals surface area (Å²) in [6.45, 7) is 18.0. The number of rotatable bonds is 4. The van der Waals surface area contributed by atoms with E-state index in [1.807, 2.05) is 48.5 Å².